The van der Waals surface area contributed by atoms with Gasteiger partial charge in [0.2, 0.25) is 0 Å². The molecule has 0 saturated heterocycles. The molecule has 1 aliphatic heterocycles. The first kappa shape index (κ1) is 11.3. The molecule has 3 N–H and O–H groups in total. The molecule has 1 aliphatic rings. The van der Waals surface area contributed by atoms with Crippen molar-refractivity contribution in [3.63, 3.8) is 0 Å². The number of hydrogen-bond acceptors (Lipinski definition) is 4. The molecule has 0 aromatic rings. The van der Waals surface area contributed by atoms with E-state index in [0.29, 0.717) is 6.54 Å². The van der Waals surface area contributed by atoms with Gasteiger partial charge in [-0.3, -0.25) is 4.99 Å². The molecule has 0 amide bonds. The molecule has 82 valence electrons. The zero-order valence-corrected chi connectivity index (χ0v) is 9.14. The SMILES string of the molecule is CC[C@@](C)(O)CNC1=NCCCCN1. The van der Waals surface area contributed by atoms with E-state index in [2.05, 4.69) is 15.6 Å². The van der Waals surface area contributed by atoms with Gasteiger partial charge in [0.15, 0.2) is 5.96 Å². The molecule has 0 radical (unpaired) electrons. The van der Waals surface area contributed by atoms with E-state index in [9.17, 15) is 5.11 Å². The van der Waals surface area contributed by atoms with E-state index in [1.807, 2.05) is 13.8 Å². The predicted molar refractivity (Wildman–Crippen MR) is 58.5 cm³/mol. The predicted octanol–water partition coefficient (Wildman–Crippen LogP) is 0.476. The van der Waals surface area contributed by atoms with Gasteiger partial charge < -0.3 is 15.7 Å². The lowest BCUT2D eigenvalue weighted by Crippen LogP contribution is -2.45. The second-order valence-electron chi connectivity index (χ2n) is 4.07. The molecule has 4 nitrogen and oxygen atoms in total. The first-order chi connectivity index (χ1) is 6.64. The molecule has 0 aromatic heterocycles. The molecule has 0 fully saturated rings. The Morgan fingerprint density at radius 3 is 3.07 bits per heavy atom. The van der Waals surface area contributed by atoms with Gasteiger partial charge in [-0.15, -0.1) is 0 Å². The van der Waals surface area contributed by atoms with Crippen LogP contribution in [-0.2, 0) is 0 Å². The van der Waals surface area contributed by atoms with Crippen LogP contribution >= 0.6 is 0 Å². The Morgan fingerprint density at radius 2 is 2.36 bits per heavy atom. The van der Waals surface area contributed by atoms with E-state index in [1.165, 1.54) is 6.42 Å². The van der Waals surface area contributed by atoms with Crippen molar-refractivity contribution in [3.05, 3.63) is 0 Å². The maximum absolute atomic E-state index is 9.78. The summed E-state index contributed by atoms with van der Waals surface area (Å²) in [5.41, 5.74) is -0.642. The first-order valence-corrected chi connectivity index (χ1v) is 5.38. The number of hydrogen-bond donors (Lipinski definition) is 3. The van der Waals surface area contributed by atoms with Crippen LogP contribution in [0.1, 0.15) is 33.1 Å². The largest absolute Gasteiger partial charge is 0.388 e. The normalized spacial score (nSPS) is 21.5. The molecule has 1 heterocycles. The van der Waals surface area contributed by atoms with Crippen LogP contribution in [-0.4, -0.2) is 36.3 Å². The number of nitrogens with one attached hydrogen (secondary N) is 2. The summed E-state index contributed by atoms with van der Waals surface area (Å²) in [6.45, 7) is 6.21. The highest BCUT2D eigenvalue weighted by Crippen LogP contribution is 2.05. The van der Waals surface area contributed by atoms with E-state index in [4.69, 9.17) is 0 Å². The Balaban J connectivity index is 2.32. The van der Waals surface area contributed by atoms with Crippen LogP contribution in [0.15, 0.2) is 4.99 Å². The summed E-state index contributed by atoms with van der Waals surface area (Å²) in [5.74, 6) is 0.830. The van der Waals surface area contributed by atoms with Crippen molar-refractivity contribution in [3.8, 4) is 0 Å². The van der Waals surface area contributed by atoms with Crippen molar-refractivity contribution in [1.82, 2.24) is 10.6 Å². The van der Waals surface area contributed by atoms with Gasteiger partial charge in [-0.1, -0.05) is 6.92 Å². The van der Waals surface area contributed by atoms with E-state index in [1.54, 1.807) is 0 Å². The maximum atomic E-state index is 9.78. The maximum Gasteiger partial charge on any atom is 0.191 e. The fourth-order valence-electron chi connectivity index (χ4n) is 1.21. The van der Waals surface area contributed by atoms with Gasteiger partial charge in [-0.2, -0.15) is 0 Å². The summed E-state index contributed by atoms with van der Waals surface area (Å²) in [7, 11) is 0. The minimum absolute atomic E-state index is 0.551. The Labute approximate surface area is 85.8 Å². The van der Waals surface area contributed by atoms with E-state index in [0.717, 1.165) is 31.9 Å². The van der Waals surface area contributed by atoms with Gasteiger partial charge in [0.25, 0.3) is 0 Å². The number of guanidine groups is 1. The topological polar surface area (TPSA) is 56.6 Å². The van der Waals surface area contributed by atoms with Gasteiger partial charge in [0.05, 0.1) is 5.60 Å². The second-order valence-corrected chi connectivity index (χ2v) is 4.07. The lowest BCUT2D eigenvalue weighted by molar-refractivity contribution is 0.0604. The average Bonchev–Trinajstić information content (AvgIpc) is 2.43. The van der Waals surface area contributed by atoms with E-state index >= 15 is 0 Å². The molecule has 0 aromatic carbocycles. The van der Waals surface area contributed by atoms with Crippen LogP contribution in [0.4, 0.5) is 0 Å². The summed E-state index contributed by atoms with van der Waals surface area (Å²) < 4.78 is 0. The van der Waals surface area contributed by atoms with Crippen molar-refractivity contribution in [1.29, 1.82) is 0 Å². The number of nitrogens with zero attached hydrogens (tertiary/aromatic N) is 1. The smallest absolute Gasteiger partial charge is 0.191 e. The third-order valence-electron chi connectivity index (χ3n) is 2.55. The van der Waals surface area contributed by atoms with Gasteiger partial charge in [0.1, 0.15) is 0 Å². The van der Waals surface area contributed by atoms with Crippen molar-refractivity contribution >= 4 is 5.96 Å². The van der Waals surface area contributed by atoms with Crippen molar-refractivity contribution in [2.45, 2.75) is 38.7 Å². The molecule has 1 atom stereocenters. The molecule has 0 spiro atoms. The molecular formula is C10H21N3O. The Morgan fingerprint density at radius 1 is 1.57 bits per heavy atom. The van der Waals surface area contributed by atoms with Crippen LogP contribution in [0.2, 0.25) is 0 Å². The molecule has 1 rings (SSSR count). The molecule has 4 heteroatoms. The monoisotopic (exact) mass is 199 g/mol. The lowest BCUT2D eigenvalue weighted by Gasteiger charge is -2.22. The molecule has 0 unspecified atom stereocenters. The fourth-order valence-corrected chi connectivity index (χ4v) is 1.21. The minimum Gasteiger partial charge on any atom is -0.388 e. The third-order valence-corrected chi connectivity index (χ3v) is 2.55. The van der Waals surface area contributed by atoms with Gasteiger partial charge in [-0.05, 0) is 26.2 Å². The second kappa shape index (κ2) is 5.20. The quantitative estimate of drug-likeness (QED) is 0.619. The van der Waals surface area contributed by atoms with Gasteiger partial charge >= 0.3 is 0 Å². The molecule has 0 bridgehead atoms. The summed E-state index contributed by atoms with van der Waals surface area (Å²) in [6, 6.07) is 0. The van der Waals surface area contributed by atoms with Gasteiger partial charge in [0, 0.05) is 19.6 Å². The lowest BCUT2D eigenvalue weighted by atomic mass is 10.0. The molecule has 0 saturated carbocycles. The zero-order valence-electron chi connectivity index (χ0n) is 9.14. The van der Waals surface area contributed by atoms with E-state index in [-0.39, 0.29) is 0 Å². The highest BCUT2D eigenvalue weighted by atomic mass is 16.3. The minimum atomic E-state index is -0.642. The van der Waals surface area contributed by atoms with Crippen molar-refractivity contribution in [2.75, 3.05) is 19.6 Å². The summed E-state index contributed by atoms with van der Waals surface area (Å²) in [6.07, 6.45) is 3.05. The first-order valence-electron chi connectivity index (χ1n) is 5.38. The molecular weight excluding hydrogens is 178 g/mol. The summed E-state index contributed by atoms with van der Waals surface area (Å²) in [5, 5.41) is 16.1. The number of aliphatic imine (C=N–C) groups is 1. The Hall–Kier alpha value is -0.770. The number of rotatable bonds is 3. The van der Waals surface area contributed by atoms with Gasteiger partial charge in [-0.25, -0.2) is 0 Å². The highest BCUT2D eigenvalue weighted by molar-refractivity contribution is 5.79. The standard InChI is InChI=1S/C10H21N3O/c1-3-10(2,14)8-13-9-11-6-4-5-7-12-9/h14H,3-8H2,1-2H3,(H2,11,12,13)/t10-/m1/s1. The van der Waals surface area contributed by atoms with Crippen molar-refractivity contribution in [2.24, 2.45) is 4.99 Å². The van der Waals surface area contributed by atoms with Crippen molar-refractivity contribution < 1.29 is 5.11 Å². The van der Waals surface area contributed by atoms with Crippen LogP contribution in [0, 0.1) is 0 Å². The van der Waals surface area contributed by atoms with Crippen LogP contribution in [0.25, 0.3) is 0 Å². The Kier molecular flexibility index (Phi) is 4.20. The highest BCUT2D eigenvalue weighted by Gasteiger charge is 2.17. The zero-order chi connectivity index (χ0) is 10.4. The third kappa shape index (κ3) is 3.96. The summed E-state index contributed by atoms with van der Waals surface area (Å²) >= 11 is 0. The van der Waals surface area contributed by atoms with E-state index < -0.39 is 5.60 Å². The van der Waals surface area contributed by atoms with Crippen LogP contribution in [0.5, 0.6) is 0 Å². The number of aliphatic hydroxyl groups is 1. The average molecular weight is 199 g/mol. The Bertz CT molecular complexity index is 202. The fraction of sp³-hybridized carbons (Fsp3) is 0.900. The van der Waals surface area contributed by atoms with Crippen LogP contribution in [0.3, 0.4) is 0 Å². The molecule has 14 heavy (non-hydrogen) atoms. The molecule has 0 aliphatic carbocycles. The van der Waals surface area contributed by atoms with Crippen LogP contribution < -0.4 is 10.6 Å². The summed E-state index contributed by atoms with van der Waals surface area (Å²) in [4.78, 5) is 4.34.